The first-order valence-electron chi connectivity index (χ1n) is 0.743. The Hall–Kier alpha value is 0.0534. The third-order valence-electron chi connectivity index (χ3n) is 0.0589. The Morgan fingerprint density at radius 3 is 2.00 bits per heavy atom. The topological polar surface area (TPSA) is 55.1 Å². The van der Waals surface area contributed by atoms with E-state index in [0.29, 0.717) is 0 Å². The predicted octanol–water partition coefficient (Wildman–Crippen LogP) is -1.49. The first-order valence-corrected chi connectivity index (χ1v) is 0.743. The molecule has 0 aromatic rings. The van der Waals surface area contributed by atoms with E-state index in [1.165, 1.54) is 6.41 Å². The van der Waals surface area contributed by atoms with Gasteiger partial charge in [-0.15, -0.1) is 0 Å². The number of amides is 1. The van der Waals surface area contributed by atoms with Crippen LogP contribution in [0.3, 0.4) is 0 Å². The number of hydrogen-bond donors (Lipinski definition) is 2. The first-order chi connectivity index (χ1) is 1.91. The standard InChI is InChI=1S/CH3N2O.Zn/c2-3-1-4;/h2H2,(H,3,4);/q-1;. The zero-order valence-corrected chi connectivity index (χ0v) is 5.66. The first kappa shape index (κ1) is 8.91. The van der Waals surface area contributed by atoms with Crippen LogP contribution in [0.2, 0.25) is 0 Å². The van der Waals surface area contributed by atoms with E-state index in [2.05, 4.69) is 5.84 Å². The molecule has 26 valence electrons. The van der Waals surface area contributed by atoms with E-state index >= 15 is 0 Å². The average molecular weight is 124 g/mol. The molecule has 0 aromatic heterocycles. The fourth-order valence-electron chi connectivity index (χ4n) is 0. The number of nitrogens with one attached hydrogen (secondary N) is 1. The molecule has 3 nitrogen and oxygen atoms in total. The fourth-order valence-corrected chi connectivity index (χ4v) is 0. The van der Waals surface area contributed by atoms with Crippen LogP contribution in [0.15, 0.2) is 0 Å². The summed E-state index contributed by atoms with van der Waals surface area (Å²) in [5.41, 5.74) is 1.62. The summed E-state index contributed by atoms with van der Waals surface area (Å²) in [5, 5.41) is 0. The van der Waals surface area contributed by atoms with Crippen LogP contribution in [0.1, 0.15) is 0 Å². The van der Waals surface area contributed by atoms with Crippen LogP contribution in [0.4, 0.5) is 0 Å². The monoisotopic (exact) mass is 123 g/mol. The van der Waals surface area contributed by atoms with E-state index in [9.17, 15) is 0 Å². The molecule has 0 atom stereocenters. The minimum absolute atomic E-state index is 0. The van der Waals surface area contributed by atoms with Crippen molar-refractivity contribution in [2.75, 3.05) is 0 Å². The van der Waals surface area contributed by atoms with Crippen molar-refractivity contribution >= 4 is 6.41 Å². The van der Waals surface area contributed by atoms with Gasteiger partial charge in [0.25, 0.3) is 0 Å². The molecule has 0 saturated heterocycles. The van der Waals surface area contributed by atoms with E-state index in [1.807, 2.05) is 0 Å². The maximum atomic E-state index is 8.81. The van der Waals surface area contributed by atoms with E-state index < -0.39 is 0 Å². The number of hydrazine groups is 1. The van der Waals surface area contributed by atoms with Gasteiger partial charge >= 0.3 is 0 Å². The minimum atomic E-state index is 0. The molecule has 0 radical (unpaired) electrons. The number of carbonyl (C=O) groups excluding carboxylic acids is 1. The smallest absolute Gasteiger partial charge is 0 e. The van der Waals surface area contributed by atoms with E-state index in [-0.39, 0.29) is 19.5 Å². The van der Waals surface area contributed by atoms with Gasteiger partial charge in [0, 0.05) is 19.5 Å². The second-order valence-corrected chi connectivity index (χ2v) is 0.246. The Bertz CT molecular complexity index is 23.6. The van der Waals surface area contributed by atoms with Gasteiger partial charge in [-0.3, -0.25) is 5.84 Å². The Morgan fingerprint density at radius 1 is 1.80 bits per heavy atom. The van der Waals surface area contributed by atoms with Crippen LogP contribution < -0.4 is 11.3 Å². The van der Waals surface area contributed by atoms with Gasteiger partial charge < -0.3 is 10.2 Å². The second kappa shape index (κ2) is 8.96. The van der Waals surface area contributed by atoms with Crippen molar-refractivity contribution in [3.05, 3.63) is 0 Å². The summed E-state index contributed by atoms with van der Waals surface area (Å²) in [6, 6.07) is 0. The molecule has 0 bridgehead atoms. The summed E-state index contributed by atoms with van der Waals surface area (Å²) < 4.78 is 0. The SMILES string of the molecule is NN[C-]=O.[Zn]. The molecule has 3 N–H and O–H groups in total. The molecule has 0 rings (SSSR count). The summed E-state index contributed by atoms with van der Waals surface area (Å²) in [4.78, 5) is 8.81. The van der Waals surface area contributed by atoms with Crippen LogP contribution in [0.25, 0.3) is 0 Å². The molecule has 1 amide bonds. The van der Waals surface area contributed by atoms with Crippen LogP contribution in [-0.4, -0.2) is 6.41 Å². The summed E-state index contributed by atoms with van der Waals surface area (Å²) in [6.07, 6.45) is 1.21. The average Bonchev–Trinajstić information content (AvgIpc) is 1.37. The summed E-state index contributed by atoms with van der Waals surface area (Å²) in [7, 11) is 0. The Balaban J connectivity index is 0. The maximum Gasteiger partial charge on any atom is 0 e. The molecule has 0 unspecified atom stereocenters. The predicted molar refractivity (Wildman–Crippen MR) is 13.0 cm³/mol. The van der Waals surface area contributed by atoms with Crippen molar-refractivity contribution in [3.8, 4) is 0 Å². The third-order valence-corrected chi connectivity index (χ3v) is 0.0589. The summed E-state index contributed by atoms with van der Waals surface area (Å²) >= 11 is 0. The molecular formula is CH3N2OZn-. The van der Waals surface area contributed by atoms with Gasteiger partial charge in [-0.05, 0) is 0 Å². The van der Waals surface area contributed by atoms with Crippen LogP contribution >= 0.6 is 0 Å². The fraction of sp³-hybridized carbons (Fsp3) is 0. The zero-order valence-electron chi connectivity index (χ0n) is 2.69. The van der Waals surface area contributed by atoms with Gasteiger partial charge in [0.2, 0.25) is 0 Å². The van der Waals surface area contributed by atoms with Crippen molar-refractivity contribution in [1.29, 1.82) is 0 Å². The van der Waals surface area contributed by atoms with Gasteiger partial charge in [0.15, 0.2) is 0 Å². The maximum absolute atomic E-state index is 8.81. The van der Waals surface area contributed by atoms with Crippen molar-refractivity contribution in [2.45, 2.75) is 0 Å². The molecule has 5 heavy (non-hydrogen) atoms. The molecule has 0 aliphatic carbocycles. The largest absolute Gasteiger partial charge is 0.519 e. The van der Waals surface area contributed by atoms with Crippen LogP contribution in [0, 0.1) is 0 Å². The molecule has 0 aliphatic rings. The van der Waals surface area contributed by atoms with Gasteiger partial charge in [-0.2, -0.15) is 6.41 Å². The van der Waals surface area contributed by atoms with Gasteiger partial charge in [0.1, 0.15) is 0 Å². The zero-order chi connectivity index (χ0) is 3.41. The van der Waals surface area contributed by atoms with Gasteiger partial charge in [-0.1, -0.05) is 0 Å². The molecule has 0 heterocycles. The molecule has 0 fully saturated rings. The van der Waals surface area contributed by atoms with Gasteiger partial charge in [0.05, 0.1) is 0 Å². The Labute approximate surface area is 42.6 Å². The van der Waals surface area contributed by atoms with E-state index in [0.717, 1.165) is 0 Å². The molecular weight excluding hydrogens is 121 g/mol. The molecule has 0 spiro atoms. The molecule has 0 aliphatic heterocycles. The van der Waals surface area contributed by atoms with E-state index in [4.69, 9.17) is 4.79 Å². The molecule has 0 aromatic carbocycles. The molecule has 4 heteroatoms. The summed E-state index contributed by atoms with van der Waals surface area (Å²) in [6.45, 7) is 0. The normalized spacial score (nSPS) is 4.20. The van der Waals surface area contributed by atoms with Crippen molar-refractivity contribution in [1.82, 2.24) is 5.43 Å². The Kier molecular flexibility index (Phi) is 16.0. The number of nitrogens with two attached hydrogens (primary N) is 1. The quantitative estimate of drug-likeness (QED) is 0.112. The summed E-state index contributed by atoms with van der Waals surface area (Å²) in [5.74, 6) is 4.35. The van der Waals surface area contributed by atoms with Crippen molar-refractivity contribution < 1.29 is 24.3 Å². The van der Waals surface area contributed by atoms with Crippen molar-refractivity contribution in [2.24, 2.45) is 5.84 Å². The minimum Gasteiger partial charge on any atom is -0.519 e. The Morgan fingerprint density at radius 2 is 2.00 bits per heavy atom. The van der Waals surface area contributed by atoms with Gasteiger partial charge in [-0.25, -0.2) is 0 Å². The molecule has 0 saturated carbocycles. The van der Waals surface area contributed by atoms with Crippen molar-refractivity contribution in [3.63, 3.8) is 0 Å². The second-order valence-electron chi connectivity index (χ2n) is 0.246. The van der Waals surface area contributed by atoms with Crippen LogP contribution in [-0.2, 0) is 24.3 Å². The van der Waals surface area contributed by atoms with Crippen LogP contribution in [0.5, 0.6) is 0 Å². The number of hydrogen-bond acceptors (Lipinski definition) is 2. The number of rotatable bonds is 1. The third kappa shape index (κ3) is 15.4. The van der Waals surface area contributed by atoms with E-state index in [1.54, 1.807) is 5.43 Å².